The van der Waals surface area contributed by atoms with Gasteiger partial charge in [-0.25, -0.2) is 0 Å². The maximum absolute atomic E-state index is 11.9. The lowest BCUT2D eigenvalue weighted by molar-refractivity contribution is -0.155. The van der Waals surface area contributed by atoms with Crippen molar-refractivity contribution >= 4 is 22.7 Å². The molecule has 0 radical (unpaired) electrons. The number of fused-ring (bicyclic) bond motifs is 1. The third-order valence-electron chi connectivity index (χ3n) is 2.96. The molecule has 0 saturated heterocycles. The van der Waals surface area contributed by atoms with E-state index >= 15 is 0 Å². The van der Waals surface area contributed by atoms with Crippen LogP contribution in [0.3, 0.4) is 0 Å². The molecule has 0 unspecified atom stereocenters. The van der Waals surface area contributed by atoms with Gasteiger partial charge in [0.25, 0.3) is 0 Å². The monoisotopic (exact) mass is 289 g/mol. The summed E-state index contributed by atoms with van der Waals surface area (Å²) in [5, 5.41) is 10.2. The Labute approximate surface area is 123 Å². The molecule has 0 aliphatic rings. The molecular formula is C16H19NO4. The molecule has 5 heteroatoms. The number of aromatic hydroxyl groups is 1. The minimum absolute atomic E-state index is 0.0197. The molecule has 1 heterocycles. The van der Waals surface area contributed by atoms with E-state index in [0.29, 0.717) is 16.5 Å². The smallest absolute Gasteiger partial charge is 0.326 e. The first-order valence-electron chi connectivity index (χ1n) is 6.72. The summed E-state index contributed by atoms with van der Waals surface area (Å²) < 4.78 is 6.96. The van der Waals surface area contributed by atoms with E-state index in [-0.39, 0.29) is 24.0 Å². The second-order valence-electron chi connectivity index (χ2n) is 6.01. The van der Waals surface area contributed by atoms with Crippen molar-refractivity contribution < 1.29 is 19.4 Å². The number of benzene rings is 1. The number of phenolic OH excluding ortho intramolecular Hbond substituents is 1. The molecular weight excluding hydrogens is 270 g/mol. The molecule has 21 heavy (non-hydrogen) atoms. The molecule has 2 rings (SSSR count). The highest BCUT2D eigenvalue weighted by atomic mass is 16.6. The Morgan fingerprint density at radius 1 is 1.29 bits per heavy atom. The van der Waals surface area contributed by atoms with Crippen molar-refractivity contribution in [3.8, 4) is 5.75 Å². The van der Waals surface area contributed by atoms with E-state index in [1.807, 2.05) is 0 Å². The first-order chi connectivity index (χ1) is 9.67. The summed E-state index contributed by atoms with van der Waals surface area (Å²) >= 11 is 0. The average Bonchev–Trinajstić information content (AvgIpc) is 2.64. The maximum atomic E-state index is 11.9. The minimum atomic E-state index is -0.554. The number of ketones is 1. The molecule has 0 aliphatic carbocycles. The van der Waals surface area contributed by atoms with Crippen molar-refractivity contribution in [3.05, 3.63) is 30.0 Å². The molecule has 1 N–H and O–H groups in total. The first-order valence-corrected chi connectivity index (χ1v) is 6.72. The Bertz CT molecular complexity index is 707. The van der Waals surface area contributed by atoms with Crippen LogP contribution in [0.15, 0.2) is 24.4 Å². The summed E-state index contributed by atoms with van der Waals surface area (Å²) in [6, 6.07) is 4.73. The molecule has 0 saturated carbocycles. The summed E-state index contributed by atoms with van der Waals surface area (Å²) in [6.07, 6.45) is 1.62. The number of aromatic nitrogens is 1. The van der Waals surface area contributed by atoms with Crippen LogP contribution >= 0.6 is 0 Å². The number of phenols is 1. The average molecular weight is 289 g/mol. The third kappa shape index (κ3) is 3.42. The van der Waals surface area contributed by atoms with Crippen LogP contribution in [-0.2, 0) is 16.1 Å². The van der Waals surface area contributed by atoms with Gasteiger partial charge in [0.05, 0.1) is 0 Å². The Morgan fingerprint density at radius 3 is 2.52 bits per heavy atom. The van der Waals surface area contributed by atoms with Crippen molar-refractivity contribution in [2.75, 3.05) is 0 Å². The van der Waals surface area contributed by atoms with Crippen LogP contribution in [0.2, 0.25) is 0 Å². The predicted molar refractivity (Wildman–Crippen MR) is 79.5 cm³/mol. The van der Waals surface area contributed by atoms with Gasteiger partial charge in [-0.3, -0.25) is 9.59 Å². The van der Waals surface area contributed by atoms with Crippen LogP contribution in [0.25, 0.3) is 10.9 Å². The van der Waals surface area contributed by atoms with Crippen LogP contribution in [0, 0.1) is 0 Å². The lowest BCUT2D eigenvalue weighted by Crippen LogP contribution is -2.26. The van der Waals surface area contributed by atoms with E-state index in [1.165, 1.54) is 19.1 Å². The van der Waals surface area contributed by atoms with Crippen molar-refractivity contribution in [3.63, 3.8) is 0 Å². The molecule has 112 valence electrons. The van der Waals surface area contributed by atoms with Gasteiger partial charge in [-0.05, 0) is 45.9 Å². The Morgan fingerprint density at radius 2 is 1.95 bits per heavy atom. The number of esters is 1. The van der Waals surface area contributed by atoms with Gasteiger partial charge in [-0.15, -0.1) is 0 Å². The Balaban J connectivity index is 2.41. The maximum Gasteiger partial charge on any atom is 0.326 e. The van der Waals surface area contributed by atoms with Crippen LogP contribution in [0.4, 0.5) is 0 Å². The van der Waals surface area contributed by atoms with Gasteiger partial charge in [0.2, 0.25) is 0 Å². The quantitative estimate of drug-likeness (QED) is 0.697. The van der Waals surface area contributed by atoms with Gasteiger partial charge in [0, 0.05) is 22.7 Å². The number of hydrogen-bond acceptors (Lipinski definition) is 4. The van der Waals surface area contributed by atoms with Crippen LogP contribution in [-0.4, -0.2) is 27.0 Å². The number of hydrogen-bond donors (Lipinski definition) is 1. The zero-order valence-corrected chi connectivity index (χ0v) is 12.6. The SMILES string of the molecule is CC(=O)c1cn(CC(=O)OC(C)(C)C)c2ccc(O)cc12. The van der Waals surface area contributed by atoms with E-state index in [9.17, 15) is 14.7 Å². The van der Waals surface area contributed by atoms with Crippen LogP contribution in [0.5, 0.6) is 5.75 Å². The van der Waals surface area contributed by atoms with Gasteiger partial charge in [-0.2, -0.15) is 0 Å². The molecule has 0 spiro atoms. The molecule has 1 aromatic carbocycles. The molecule has 0 bridgehead atoms. The van der Waals surface area contributed by atoms with E-state index < -0.39 is 5.60 Å². The number of Topliss-reactive ketones (excluding diaryl/α,β-unsaturated/α-hetero) is 1. The van der Waals surface area contributed by atoms with Gasteiger partial charge in [0.1, 0.15) is 17.9 Å². The number of rotatable bonds is 3. The number of nitrogens with zero attached hydrogens (tertiary/aromatic N) is 1. The number of ether oxygens (including phenoxy) is 1. The second-order valence-corrected chi connectivity index (χ2v) is 6.01. The summed E-state index contributed by atoms with van der Waals surface area (Å²) in [4.78, 5) is 23.6. The lowest BCUT2D eigenvalue weighted by Gasteiger charge is -2.19. The van der Waals surface area contributed by atoms with Crippen LogP contribution < -0.4 is 0 Å². The molecule has 0 amide bonds. The highest BCUT2D eigenvalue weighted by Crippen LogP contribution is 2.26. The molecule has 2 aromatic rings. The number of carbonyl (C=O) groups is 2. The first kappa shape index (κ1) is 15.1. The van der Waals surface area contributed by atoms with Crippen molar-refractivity contribution in [2.24, 2.45) is 0 Å². The third-order valence-corrected chi connectivity index (χ3v) is 2.96. The van der Waals surface area contributed by atoms with Gasteiger partial charge in [-0.1, -0.05) is 0 Å². The molecule has 5 nitrogen and oxygen atoms in total. The minimum Gasteiger partial charge on any atom is -0.508 e. The van der Waals surface area contributed by atoms with Crippen LogP contribution in [0.1, 0.15) is 38.1 Å². The van der Waals surface area contributed by atoms with E-state index in [1.54, 1.807) is 37.6 Å². The summed E-state index contributed by atoms with van der Waals surface area (Å²) in [7, 11) is 0. The van der Waals surface area contributed by atoms with Gasteiger partial charge >= 0.3 is 5.97 Å². The largest absolute Gasteiger partial charge is 0.508 e. The Kier molecular flexibility index (Phi) is 3.77. The molecule has 0 fully saturated rings. The van der Waals surface area contributed by atoms with Crippen molar-refractivity contribution in [1.29, 1.82) is 0 Å². The lowest BCUT2D eigenvalue weighted by atomic mass is 10.1. The second kappa shape index (κ2) is 5.24. The topological polar surface area (TPSA) is 68.5 Å². The highest BCUT2D eigenvalue weighted by molar-refractivity contribution is 6.07. The Hall–Kier alpha value is -2.30. The fourth-order valence-corrected chi connectivity index (χ4v) is 2.21. The zero-order chi connectivity index (χ0) is 15.8. The summed E-state index contributed by atoms with van der Waals surface area (Å²) in [6.45, 7) is 6.88. The fourth-order valence-electron chi connectivity index (χ4n) is 2.21. The number of carbonyl (C=O) groups excluding carboxylic acids is 2. The van der Waals surface area contributed by atoms with Gasteiger partial charge in [0.15, 0.2) is 5.78 Å². The van der Waals surface area contributed by atoms with Crippen molar-refractivity contribution in [1.82, 2.24) is 4.57 Å². The standard InChI is InChI=1S/C16H19NO4/c1-10(18)13-8-17(9-15(20)21-16(2,3)4)14-6-5-11(19)7-12(13)14/h5-8,19H,9H2,1-4H3. The van der Waals surface area contributed by atoms with Crippen molar-refractivity contribution in [2.45, 2.75) is 39.8 Å². The zero-order valence-electron chi connectivity index (χ0n) is 12.6. The summed E-state index contributed by atoms with van der Waals surface area (Å²) in [5.41, 5.74) is 0.634. The summed E-state index contributed by atoms with van der Waals surface area (Å²) in [5.74, 6) is -0.406. The van der Waals surface area contributed by atoms with E-state index in [2.05, 4.69) is 0 Å². The molecule has 1 aromatic heterocycles. The van der Waals surface area contributed by atoms with E-state index in [0.717, 1.165) is 0 Å². The molecule has 0 aliphatic heterocycles. The normalized spacial score (nSPS) is 11.6. The van der Waals surface area contributed by atoms with Gasteiger partial charge < -0.3 is 14.4 Å². The predicted octanol–water partition coefficient (Wildman–Crippen LogP) is 2.89. The molecule has 0 atom stereocenters. The fraction of sp³-hybridized carbons (Fsp3) is 0.375. The highest BCUT2D eigenvalue weighted by Gasteiger charge is 2.19. The van der Waals surface area contributed by atoms with E-state index in [4.69, 9.17) is 4.74 Å².